The molecule has 0 radical (unpaired) electrons. The van der Waals surface area contributed by atoms with Crippen LogP contribution in [0.15, 0.2) is 28.8 Å². The van der Waals surface area contributed by atoms with Crippen LogP contribution in [0.5, 0.6) is 0 Å². The maximum atomic E-state index is 12.8. The Kier molecular flexibility index (Phi) is 3.48. The molecule has 2 saturated heterocycles. The quantitative estimate of drug-likeness (QED) is 0.809. The van der Waals surface area contributed by atoms with Crippen LogP contribution in [0.4, 0.5) is 4.79 Å². The predicted octanol–water partition coefficient (Wildman–Crippen LogP) is 3.57. The lowest BCUT2D eigenvalue weighted by atomic mass is 10.1. The van der Waals surface area contributed by atoms with Crippen molar-refractivity contribution in [2.24, 2.45) is 0 Å². The first-order valence-electron chi connectivity index (χ1n) is 8.24. The second-order valence-electron chi connectivity index (χ2n) is 6.25. The molecule has 0 aliphatic carbocycles. The summed E-state index contributed by atoms with van der Waals surface area (Å²) in [5, 5.41) is 5.30. The number of amides is 2. The van der Waals surface area contributed by atoms with Crippen LogP contribution < -0.4 is 0 Å². The van der Waals surface area contributed by atoms with Crippen LogP contribution >= 0.6 is 0 Å². The molecule has 116 valence electrons. The second kappa shape index (κ2) is 5.63. The monoisotopic (exact) mass is 299 g/mol. The molecule has 0 bridgehead atoms. The molecule has 1 aromatic carbocycles. The maximum Gasteiger partial charge on any atom is 0.320 e. The zero-order chi connectivity index (χ0) is 14.9. The van der Waals surface area contributed by atoms with E-state index in [0.717, 1.165) is 62.0 Å². The van der Waals surface area contributed by atoms with Crippen LogP contribution in [-0.2, 0) is 0 Å². The fourth-order valence-electron chi connectivity index (χ4n) is 3.69. The van der Waals surface area contributed by atoms with Crippen LogP contribution in [0.1, 0.15) is 43.8 Å². The van der Waals surface area contributed by atoms with Gasteiger partial charge in [0.2, 0.25) is 0 Å². The molecule has 0 spiro atoms. The zero-order valence-electron chi connectivity index (χ0n) is 12.7. The zero-order valence-corrected chi connectivity index (χ0v) is 12.7. The van der Waals surface area contributed by atoms with Crippen molar-refractivity contribution in [3.63, 3.8) is 0 Å². The summed E-state index contributed by atoms with van der Waals surface area (Å²) < 4.78 is 5.43. The van der Waals surface area contributed by atoms with Gasteiger partial charge in [-0.1, -0.05) is 17.3 Å². The van der Waals surface area contributed by atoms with Gasteiger partial charge in [0.15, 0.2) is 5.58 Å². The lowest BCUT2D eigenvalue weighted by Gasteiger charge is -2.33. The highest BCUT2D eigenvalue weighted by molar-refractivity contribution is 5.81. The van der Waals surface area contributed by atoms with Gasteiger partial charge in [-0.15, -0.1) is 0 Å². The van der Waals surface area contributed by atoms with Gasteiger partial charge in [0.25, 0.3) is 0 Å². The number of para-hydroxylation sites is 1. The molecule has 1 aromatic heterocycles. The molecule has 2 fully saturated rings. The molecule has 2 amide bonds. The third-order valence-electron chi connectivity index (χ3n) is 4.85. The summed E-state index contributed by atoms with van der Waals surface area (Å²) in [7, 11) is 0. The average Bonchev–Trinajstić information content (AvgIpc) is 3.21. The Morgan fingerprint density at radius 2 is 1.91 bits per heavy atom. The number of benzene rings is 1. The Hall–Kier alpha value is -2.04. The van der Waals surface area contributed by atoms with Gasteiger partial charge in [0.05, 0.1) is 6.04 Å². The van der Waals surface area contributed by atoms with E-state index in [-0.39, 0.29) is 12.1 Å². The minimum atomic E-state index is 0.0538. The Morgan fingerprint density at radius 3 is 2.77 bits per heavy atom. The van der Waals surface area contributed by atoms with Crippen molar-refractivity contribution in [1.82, 2.24) is 15.0 Å². The number of likely N-dealkylation sites (tertiary alicyclic amines) is 2. The first kappa shape index (κ1) is 13.6. The Labute approximate surface area is 129 Å². The van der Waals surface area contributed by atoms with E-state index >= 15 is 0 Å². The summed E-state index contributed by atoms with van der Waals surface area (Å²) >= 11 is 0. The third-order valence-corrected chi connectivity index (χ3v) is 4.85. The van der Waals surface area contributed by atoms with Crippen LogP contribution in [0.3, 0.4) is 0 Å². The van der Waals surface area contributed by atoms with Crippen molar-refractivity contribution >= 4 is 17.0 Å². The molecule has 1 atom stereocenters. The van der Waals surface area contributed by atoms with Crippen LogP contribution in [0, 0.1) is 0 Å². The first-order chi connectivity index (χ1) is 10.8. The van der Waals surface area contributed by atoms with Gasteiger partial charge in [0, 0.05) is 25.0 Å². The second-order valence-corrected chi connectivity index (χ2v) is 6.25. The standard InChI is InChI=1S/C17H21N3O2/c21-17(19-10-4-1-5-11-19)20-12-6-8-14(20)16-13-7-2-3-9-15(13)22-18-16/h2-3,7,9,14H,1,4-6,8,10-12H2/t14-/m1/s1. The highest BCUT2D eigenvalue weighted by Crippen LogP contribution is 2.36. The maximum absolute atomic E-state index is 12.8. The van der Waals surface area contributed by atoms with Crippen LogP contribution in [0.2, 0.25) is 0 Å². The van der Waals surface area contributed by atoms with Crippen molar-refractivity contribution in [3.05, 3.63) is 30.0 Å². The van der Waals surface area contributed by atoms with Crippen molar-refractivity contribution in [3.8, 4) is 0 Å². The largest absolute Gasteiger partial charge is 0.356 e. The molecule has 4 rings (SSSR count). The summed E-state index contributed by atoms with van der Waals surface area (Å²) in [6.07, 6.45) is 5.48. The number of aromatic nitrogens is 1. The molecule has 3 heterocycles. The Balaban J connectivity index is 1.62. The molecule has 0 saturated carbocycles. The summed E-state index contributed by atoms with van der Waals surface area (Å²) in [5.74, 6) is 0. The van der Waals surface area contributed by atoms with Gasteiger partial charge in [-0.05, 0) is 44.2 Å². The number of hydrogen-bond donors (Lipinski definition) is 0. The van der Waals surface area contributed by atoms with Crippen molar-refractivity contribution in [2.75, 3.05) is 19.6 Å². The highest BCUT2D eigenvalue weighted by atomic mass is 16.5. The summed E-state index contributed by atoms with van der Waals surface area (Å²) in [6, 6.07) is 8.13. The minimum absolute atomic E-state index is 0.0538. The molecular weight excluding hydrogens is 278 g/mol. The SMILES string of the molecule is O=C(N1CCCCC1)N1CCC[C@@H]1c1noc2ccccc12. The Morgan fingerprint density at radius 1 is 1.09 bits per heavy atom. The topological polar surface area (TPSA) is 49.6 Å². The fraction of sp³-hybridized carbons (Fsp3) is 0.529. The molecule has 2 aromatic rings. The number of nitrogens with zero attached hydrogens (tertiary/aromatic N) is 3. The molecule has 5 nitrogen and oxygen atoms in total. The van der Waals surface area contributed by atoms with E-state index in [2.05, 4.69) is 5.16 Å². The number of rotatable bonds is 1. The molecule has 22 heavy (non-hydrogen) atoms. The van der Waals surface area contributed by atoms with E-state index in [0.29, 0.717) is 0 Å². The third kappa shape index (κ3) is 2.25. The first-order valence-corrected chi connectivity index (χ1v) is 8.24. The summed E-state index contributed by atoms with van der Waals surface area (Å²) in [5.41, 5.74) is 1.72. The van der Waals surface area contributed by atoms with Crippen molar-refractivity contribution < 1.29 is 9.32 Å². The molecule has 0 N–H and O–H groups in total. The minimum Gasteiger partial charge on any atom is -0.356 e. The number of piperidine rings is 1. The lowest BCUT2D eigenvalue weighted by molar-refractivity contribution is 0.138. The van der Waals surface area contributed by atoms with E-state index < -0.39 is 0 Å². The van der Waals surface area contributed by atoms with Crippen LogP contribution in [-0.4, -0.2) is 40.6 Å². The summed E-state index contributed by atoms with van der Waals surface area (Å²) in [4.78, 5) is 16.8. The lowest BCUT2D eigenvalue weighted by Crippen LogP contribution is -2.45. The van der Waals surface area contributed by atoms with Gasteiger partial charge in [-0.25, -0.2) is 4.79 Å². The molecular formula is C17H21N3O2. The van der Waals surface area contributed by atoms with E-state index in [1.165, 1.54) is 6.42 Å². The number of urea groups is 1. The highest BCUT2D eigenvalue weighted by Gasteiger charge is 2.35. The number of carbonyl (C=O) groups is 1. The van der Waals surface area contributed by atoms with Gasteiger partial charge >= 0.3 is 6.03 Å². The van der Waals surface area contributed by atoms with Gasteiger partial charge in [-0.2, -0.15) is 0 Å². The normalized spacial score (nSPS) is 22.5. The molecule has 0 unspecified atom stereocenters. The van der Waals surface area contributed by atoms with E-state index in [4.69, 9.17) is 4.52 Å². The van der Waals surface area contributed by atoms with Crippen molar-refractivity contribution in [2.45, 2.75) is 38.1 Å². The Bertz CT molecular complexity index is 675. The van der Waals surface area contributed by atoms with Gasteiger partial charge in [0.1, 0.15) is 5.69 Å². The fourth-order valence-corrected chi connectivity index (χ4v) is 3.69. The van der Waals surface area contributed by atoms with Gasteiger partial charge in [-0.3, -0.25) is 0 Å². The number of carbonyl (C=O) groups excluding carboxylic acids is 1. The smallest absolute Gasteiger partial charge is 0.320 e. The predicted molar refractivity (Wildman–Crippen MR) is 83.5 cm³/mol. The number of fused-ring (bicyclic) bond motifs is 1. The average molecular weight is 299 g/mol. The van der Waals surface area contributed by atoms with E-state index in [1.807, 2.05) is 34.1 Å². The van der Waals surface area contributed by atoms with E-state index in [9.17, 15) is 4.79 Å². The molecule has 2 aliphatic rings. The van der Waals surface area contributed by atoms with Gasteiger partial charge < -0.3 is 14.3 Å². The molecule has 5 heteroatoms. The van der Waals surface area contributed by atoms with E-state index in [1.54, 1.807) is 0 Å². The molecule has 2 aliphatic heterocycles. The summed E-state index contributed by atoms with van der Waals surface area (Å²) in [6.45, 7) is 2.60. The van der Waals surface area contributed by atoms with Crippen molar-refractivity contribution in [1.29, 1.82) is 0 Å². The number of hydrogen-bond acceptors (Lipinski definition) is 3. The van der Waals surface area contributed by atoms with Crippen LogP contribution in [0.25, 0.3) is 11.0 Å².